The molecule has 0 atom stereocenters. The van der Waals surface area contributed by atoms with Crippen LogP contribution in [0.5, 0.6) is 5.75 Å². The fraction of sp³-hybridized carbons (Fsp3) is 0.333. The van der Waals surface area contributed by atoms with Crippen molar-refractivity contribution in [2.24, 2.45) is 5.84 Å². The van der Waals surface area contributed by atoms with Crippen LogP contribution in [-0.2, 0) is 4.79 Å². The van der Waals surface area contributed by atoms with Crippen LogP contribution in [0.3, 0.4) is 0 Å². The molecule has 1 rings (SSSR count). The van der Waals surface area contributed by atoms with E-state index in [4.69, 9.17) is 10.6 Å². The summed E-state index contributed by atoms with van der Waals surface area (Å²) in [6.07, 6.45) is 0. The van der Waals surface area contributed by atoms with E-state index in [0.29, 0.717) is 11.3 Å². The van der Waals surface area contributed by atoms with Gasteiger partial charge in [-0.3, -0.25) is 15.0 Å². The fourth-order valence-corrected chi connectivity index (χ4v) is 1.32. The molecule has 0 aliphatic heterocycles. The maximum atomic E-state index is 11.4. The molecule has 6 nitrogen and oxygen atoms in total. The van der Waals surface area contributed by atoms with Crippen LogP contribution in [0.1, 0.15) is 24.2 Å². The van der Waals surface area contributed by atoms with E-state index >= 15 is 0 Å². The van der Waals surface area contributed by atoms with Crippen molar-refractivity contribution in [2.45, 2.75) is 19.9 Å². The molecule has 0 heterocycles. The Labute approximate surface area is 105 Å². The third kappa shape index (κ3) is 4.42. The molecule has 0 saturated carbocycles. The van der Waals surface area contributed by atoms with Crippen LogP contribution in [0, 0.1) is 0 Å². The number of nitrogen functional groups attached to an aromatic ring is 1. The third-order valence-electron chi connectivity index (χ3n) is 2.05. The van der Waals surface area contributed by atoms with Crippen molar-refractivity contribution in [3.05, 3.63) is 29.8 Å². The number of carbonyl (C=O) groups excluding carboxylic acids is 2. The van der Waals surface area contributed by atoms with Gasteiger partial charge < -0.3 is 10.1 Å². The first kappa shape index (κ1) is 14.0. The van der Waals surface area contributed by atoms with Crippen LogP contribution in [0.4, 0.5) is 0 Å². The summed E-state index contributed by atoms with van der Waals surface area (Å²) < 4.78 is 5.27. The Morgan fingerprint density at radius 2 is 2.11 bits per heavy atom. The molecule has 0 fully saturated rings. The molecule has 0 aliphatic carbocycles. The predicted molar refractivity (Wildman–Crippen MR) is 66.9 cm³/mol. The van der Waals surface area contributed by atoms with Crippen LogP contribution in [-0.4, -0.2) is 24.5 Å². The molecule has 0 radical (unpaired) electrons. The molecule has 6 heteroatoms. The monoisotopic (exact) mass is 251 g/mol. The van der Waals surface area contributed by atoms with Crippen LogP contribution in [0.25, 0.3) is 0 Å². The number of nitrogens with one attached hydrogen (secondary N) is 2. The van der Waals surface area contributed by atoms with Crippen molar-refractivity contribution >= 4 is 11.8 Å². The number of carbonyl (C=O) groups is 2. The minimum absolute atomic E-state index is 0.0652. The second kappa shape index (κ2) is 6.61. The van der Waals surface area contributed by atoms with E-state index < -0.39 is 5.91 Å². The average Bonchev–Trinajstić information content (AvgIpc) is 2.35. The zero-order valence-electron chi connectivity index (χ0n) is 10.4. The summed E-state index contributed by atoms with van der Waals surface area (Å²) >= 11 is 0. The first-order chi connectivity index (χ1) is 8.52. The Hall–Kier alpha value is -2.08. The molecule has 0 unspecified atom stereocenters. The molecule has 18 heavy (non-hydrogen) atoms. The lowest BCUT2D eigenvalue weighted by Gasteiger charge is -2.10. The van der Waals surface area contributed by atoms with Crippen molar-refractivity contribution in [1.82, 2.24) is 10.7 Å². The van der Waals surface area contributed by atoms with Gasteiger partial charge in [-0.2, -0.15) is 0 Å². The molecule has 1 aromatic rings. The number of nitrogens with two attached hydrogens (primary N) is 1. The average molecular weight is 251 g/mol. The van der Waals surface area contributed by atoms with E-state index in [0.717, 1.165) is 0 Å². The number of hydrogen-bond acceptors (Lipinski definition) is 4. The van der Waals surface area contributed by atoms with Crippen molar-refractivity contribution in [3.63, 3.8) is 0 Å². The highest BCUT2D eigenvalue weighted by atomic mass is 16.5. The minimum atomic E-state index is -0.410. The number of rotatable bonds is 5. The van der Waals surface area contributed by atoms with E-state index in [2.05, 4.69) is 5.32 Å². The molecular formula is C12H17N3O3. The molecule has 4 N–H and O–H groups in total. The summed E-state index contributed by atoms with van der Waals surface area (Å²) in [5.41, 5.74) is 2.40. The molecule has 0 saturated heterocycles. The van der Waals surface area contributed by atoms with Gasteiger partial charge in [0, 0.05) is 11.6 Å². The predicted octanol–water partition coefficient (Wildman–Crippen LogP) is 0.194. The van der Waals surface area contributed by atoms with Gasteiger partial charge in [-0.25, -0.2) is 5.84 Å². The second-order valence-electron chi connectivity index (χ2n) is 4.01. The first-order valence-electron chi connectivity index (χ1n) is 5.56. The summed E-state index contributed by atoms with van der Waals surface area (Å²) in [6.45, 7) is 3.64. The van der Waals surface area contributed by atoms with Crippen molar-refractivity contribution < 1.29 is 14.3 Å². The maximum Gasteiger partial charge on any atom is 0.265 e. The lowest BCUT2D eigenvalue weighted by Crippen LogP contribution is -2.34. The number of hydrogen-bond donors (Lipinski definition) is 3. The normalized spacial score (nSPS) is 10.0. The van der Waals surface area contributed by atoms with Crippen LogP contribution in [0.2, 0.25) is 0 Å². The summed E-state index contributed by atoms with van der Waals surface area (Å²) in [5.74, 6) is 4.85. The lowest BCUT2D eigenvalue weighted by molar-refractivity contribution is -0.123. The van der Waals surface area contributed by atoms with E-state index in [-0.39, 0.29) is 18.6 Å². The van der Waals surface area contributed by atoms with E-state index in [1.165, 1.54) is 6.07 Å². The summed E-state index contributed by atoms with van der Waals surface area (Å²) in [4.78, 5) is 22.6. The zero-order valence-corrected chi connectivity index (χ0v) is 10.4. The minimum Gasteiger partial charge on any atom is -0.484 e. The molecule has 1 aromatic carbocycles. The molecule has 0 aromatic heterocycles. The summed E-state index contributed by atoms with van der Waals surface area (Å²) in [6, 6.07) is 6.50. The summed E-state index contributed by atoms with van der Waals surface area (Å²) in [5, 5.41) is 2.70. The molecule has 0 aliphatic rings. The highest BCUT2D eigenvalue weighted by Crippen LogP contribution is 2.12. The second-order valence-corrected chi connectivity index (χ2v) is 4.01. The lowest BCUT2D eigenvalue weighted by atomic mass is 10.2. The molecular weight excluding hydrogens is 234 g/mol. The number of ether oxygens (including phenoxy) is 1. The topological polar surface area (TPSA) is 93.4 Å². The molecule has 2 amide bonds. The Morgan fingerprint density at radius 3 is 2.72 bits per heavy atom. The Kier molecular flexibility index (Phi) is 5.13. The van der Waals surface area contributed by atoms with Gasteiger partial charge in [-0.05, 0) is 32.0 Å². The SMILES string of the molecule is CC(C)NC(=O)COc1cccc(C(=O)NN)c1. The number of benzene rings is 1. The smallest absolute Gasteiger partial charge is 0.265 e. The Morgan fingerprint density at radius 1 is 1.39 bits per heavy atom. The molecule has 0 spiro atoms. The molecule has 0 bridgehead atoms. The Balaban J connectivity index is 2.57. The van der Waals surface area contributed by atoms with Crippen molar-refractivity contribution in [3.8, 4) is 5.75 Å². The summed E-state index contributed by atoms with van der Waals surface area (Å²) in [7, 11) is 0. The van der Waals surface area contributed by atoms with E-state index in [1.54, 1.807) is 18.2 Å². The van der Waals surface area contributed by atoms with Gasteiger partial charge >= 0.3 is 0 Å². The first-order valence-corrected chi connectivity index (χ1v) is 5.56. The number of amides is 2. The van der Waals surface area contributed by atoms with Crippen molar-refractivity contribution in [1.29, 1.82) is 0 Å². The van der Waals surface area contributed by atoms with Gasteiger partial charge in [0.25, 0.3) is 11.8 Å². The van der Waals surface area contributed by atoms with Crippen LogP contribution in [0.15, 0.2) is 24.3 Å². The van der Waals surface area contributed by atoms with E-state index in [1.807, 2.05) is 19.3 Å². The van der Waals surface area contributed by atoms with E-state index in [9.17, 15) is 9.59 Å². The van der Waals surface area contributed by atoms with Gasteiger partial charge in [0.05, 0.1) is 0 Å². The van der Waals surface area contributed by atoms with Gasteiger partial charge in [0.1, 0.15) is 5.75 Å². The fourth-order valence-electron chi connectivity index (χ4n) is 1.32. The van der Waals surface area contributed by atoms with Gasteiger partial charge in [-0.1, -0.05) is 6.07 Å². The largest absolute Gasteiger partial charge is 0.484 e. The molecule has 98 valence electrons. The highest BCUT2D eigenvalue weighted by Gasteiger charge is 2.07. The quantitative estimate of drug-likeness (QED) is 0.396. The Bertz CT molecular complexity index is 432. The standard InChI is InChI=1S/C12H17N3O3/c1-8(2)14-11(16)7-18-10-5-3-4-9(6-10)12(17)15-13/h3-6,8H,7,13H2,1-2H3,(H,14,16)(H,15,17). The van der Waals surface area contributed by atoms with Gasteiger partial charge in [-0.15, -0.1) is 0 Å². The van der Waals surface area contributed by atoms with Gasteiger partial charge in [0.15, 0.2) is 6.61 Å². The third-order valence-corrected chi connectivity index (χ3v) is 2.05. The van der Waals surface area contributed by atoms with Crippen LogP contribution < -0.4 is 21.3 Å². The number of hydrazine groups is 1. The highest BCUT2D eigenvalue weighted by molar-refractivity contribution is 5.94. The maximum absolute atomic E-state index is 11.4. The van der Waals surface area contributed by atoms with Gasteiger partial charge in [0.2, 0.25) is 0 Å². The van der Waals surface area contributed by atoms with Crippen LogP contribution >= 0.6 is 0 Å². The zero-order chi connectivity index (χ0) is 13.5. The van der Waals surface area contributed by atoms with Crippen molar-refractivity contribution in [2.75, 3.05) is 6.61 Å².